The SMILES string of the molecule is COc1cc(C2=C(c3ccc(CO)cc3)CC3CCCN3C2)ccc1O. The van der Waals surface area contributed by atoms with Gasteiger partial charge >= 0.3 is 0 Å². The van der Waals surface area contributed by atoms with E-state index in [1.54, 1.807) is 13.2 Å². The average Bonchev–Trinajstić information content (AvgIpc) is 3.15. The monoisotopic (exact) mass is 351 g/mol. The molecule has 0 spiro atoms. The minimum atomic E-state index is 0.0672. The largest absolute Gasteiger partial charge is 0.504 e. The molecule has 1 unspecified atom stereocenters. The zero-order chi connectivity index (χ0) is 18.1. The lowest BCUT2D eigenvalue weighted by Gasteiger charge is -2.34. The second-order valence-corrected chi connectivity index (χ2v) is 7.17. The summed E-state index contributed by atoms with van der Waals surface area (Å²) in [4.78, 5) is 2.57. The first-order valence-electron chi connectivity index (χ1n) is 9.23. The predicted octanol–water partition coefficient (Wildman–Crippen LogP) is 3.67. The molecule has 2 aliphatic heterocycles. The van der Waals surface area contributed by atoms with Crippen LogP contribution in [0.2, 0.25) is 0 Å². The maximum absolute atomic E-state index is 9.95. The number of fused-ring (bicyclic) bond motifs is 1. The van der Waals surface area contributed by atoms with E-state index >= 15 is 0 Å². The lowest BCUT2D eigenvalue weighted by Crippen LogP contribution is -2.35. The van der Waals surface area contributed by atoms with E-state index < -0.39 is 0 Å². The summed E-state index contributed by atoms with van der Waals surface area (Å²) in [7, 11) is 1.58. The topological polar surface area (TPSA) is 52.9 Å². The molecule has 2 heterocycles. The van der Waals surface area contributed by atoms with Crippen molar-refractivity contribution < 1.29 is 14.9 Å². The summed E-state index contributed by atoms with van der Waals surface area (Å²) in [5.41, 5.74) is 5.92. The van der Waals surface area contributed by atoms with Crippen LogP contribution in [-0.4, -0.2) is 41.4 Å². The first-order valence-corrected chi connectivity index (χ1v) is 9.23. The summed E-state index contributed by atoms with van der Waals surface area (Å²) in [6.07, 6.45) is 3.55. The lowest BCUT2D eigenvalue weighted by molar-refractivity contribution is 0.280. The fourth-order valence-electron chi connectivity index (χ4n) is 4.23. The van der Waals surface area contributed by atoms with Crippen LogP contribution in [0.5, 0.6) is 11.5 Å². The molecule has 2 aromatic carbocycles. The number of aliphatic hydroxyl groups is 1. The van der Waals surface area contributed by atoms with Gasteiger partial charge in [-0.05, 0) is 65.8 Å². The van der Waals surface area contributed by atoms with Crippen molar-refractivity contribution in [1.29, 1.82) is 0 Å². The van der Waals surface area contributed by atoms with Crippen molar-refractivity contribution in [3.8, 4) is 11.5 Å². The van der Waals surface area contributed by atoms with Crippen molar-refractivity contribution in [2.45, 2.75) is 31.9 Å². The second-order valence-electron chi connectivity index (χ2n) is 7.17. The molecule has 136 valence electrons. The summed E-state index contributed by atoms with van der Waals surface area (Å²) in [6, 6.07) is 14.5. The third kappa shape index (κ3) is 3.11. The van der Waals surface area contributed by atoms with Crippen LogP contribution in [0.25, 0.3) is 11.1 Å². The van der Waals surface area contributed by atoms with Gasteiger partial charge in [0, 0.05) is 12.6 Å². The first kappa shape index (κ1) is 17.1. The highest BCUT2D eigenvalue weighted by Crippen LogP contribution is 2.41. The van der Waals surface area contributed by atoms with Crippen LogP contribution in [0.3, 0.4) is 0 Å². The minimum Gasteiger partial charge on any atom is -0.504 e. The van der Waals surface area contributed by atoms with E-state index in [0.717, 1.165) is 30.6 Å². The molecule has 0 aliphatic carbocycles. The highest BCUT2D eigenvalue weighted by Gasteiger charge is 2.32. The fourth-order valence-corrected chi connectivity index (χ4v) is 4.23. The van der Waals surface area contributed by atoms with Crippen LogP contribution in [0, 0.1) is 0 Å². The highest BCUT2D eigenvalue weighted by molar-refractivity contribution is 5.93. The number of hydrogen-bond acceptors (Lipinski definition) is 4. The lowest BCUT2D eigenvalue weighted by atomic mass is 9.86. The van der Waals surface area contributed by atoms with Gasteiger partial charge in [0.1, 0.15) is 0 Å². The zero-order valence-electron chi connectivity index (χ0n) is 15.1. The Hall–Kier alpha value is -2.30. The molecule has 2 aliphatic rings. The van der Waals surface area contributed by atoms with Crippen molar-refractivity contribution in [2.24, 2.45) is 0 Å². The zero-order valence-corrected chi connectivity index (χ0v) is 15.1. The molecule has 2 N–H and O–H groups in total. The van der Waals surface area contributed by atoms with Crippen LogP contribution in [0.15, 0.2) is 42.5 Å². The number of hydrogen-bond donors (Lipinski definition) is 2. The van der Waals surface area contributed by atoms with Crippen LogP contribution in [-0.2, 0) is 6.61 Å². The average molecular weight is 351 g/mol. The molecule has 0 radical (unpaired) electrons. The molecule has 0 aromatic heterocycles. The Morgan fingerprint density at radius 1 is 1.08 bits per heavy atom. The van der Waals surface area contributed by atoms with E-state index in [0.29, 0.717) is 11.8 Å². The Kier molecular flexibility index (Phi) is 4.70. The number of methoxy groups -OCH3 is 1. The maximum Gasteiger partial charge on any atom is 0.161 e. The van der Waals surface area contributed by atoms with Crippen molar-refractivity contribution in [3.05, 3.63) is 59.2 Å². The van der Waals surface area contributed by atoms with Gasteiger partial charge in [0.15, 0.2) is 11.5 Å². The van der Waals surface area contributed by atoms with Crippen molar-refractivity contribution in [3.63, 3.8) is 0 Å². The summed E-state index contributed by atoms with van der Waals surface area (Å²) < 4.78 is 5.32. The first-order chi connectivity index (χ1) is 12.7. The highest BCUT2D eigenvalue weighted by atomic mass is 16.5. The smallest absolute Gasteiger partial charge is 0.161 e. The van der Waals surface area contributed by atoms with E-state index in [2.05, 4.69) is 17.0 Å². The Labute approximate surface area is 154 Å². The van der Waals surface area contributed by atoms with Gasteiger partial charge in [-0.25, -0.2) is 0 Å². The van der Waals surface area contributed by atoms with Gasteiger partial charge in [0.25, 0.3) is 0 Å². The molecule has 0 amide bonds. The number of phenolic OH excluding ortho intramolecular Hbond substituents is 1. The molecule has 1 fully saturated rings. The number of benzene rings is 2. The van der Waals surface area contributed by atoms with Gasteiger partial charge in [-0.3, -0.25) is 4.90 Å². The summed E-state index contributed by atoms with van der Waals surface area (Å²) >= 11 is 0. The molecule has 4 rings (SSSR count). The van der Waals surface area contributed by atoms with Gasteiger partial charge in [-0.1, -0.05) is 30.3 Å². The van der Waals surface area contributed by atoms with Crippen LogP contribution in [0.1, 0.15) is 36.0 Å². The van der Waals surface area contributed by atoms with E-state index in [4.69, 9.17) is 4.74 Å². The van der Waals surface area contributed by atoms with Crippen LogP contribution in [0.4, 0.5) is 0 Å². The molecular weight excluding hydrogens is 326 g/mol. The third-order valence-corrected chi connectivity index (χ3v) is 5.68. The summed E-state index contributed by atoms with van der Waals surface area (Å²) in [5.74, 6) is 0.675. The van der Waals surface area contributed by atoms with Gasteiger partial charge in [0.05, 0.1) is 13.7 Å². The minimum absolute atomic E-state index is 0.0672. The number of ether oxygens (including phenoxy) is 1. The maximum atomic E-state index is 9.95. The van der Waals surface area contributed by atoms with E-state index in [9.17, 15) is 10.2 Å². The van der Waals surface area contributed by atoms with E-state index in [1.807, 2.05) is 24.3 Å². The number of aliphatic hydroxyl groups excluding tert-OH is 1. The number of phenols is 1. The normalized spacial score (nSPS) is 20.3. The van der Waals surface area contributed by atoms with Crippen molar-refractivity contribution in [2.75, 3.05) is 20.2 Å². The van der Waals surface area contributed by atoms with E-state index in [1.165, 1.54) is 29.6 Å². The Bertz CT molecular complexity index is 826. The summed E-state index contributed by atoms with van der Waals surface area (Å²) in [6.45, 7) is 2.15. The third-order valence-electron chi connectivity index (χ3n) is 5.68. The number of rotatable bonds is 4. The second kappa shape index (κ2) is 7.14. The number of nitrogens with zero attached hydrogens (tertiary/aromatic N) is 1. The van der Waals surface area contributed by atoms with Gasteiger partial charge in [-0.2, -0.15) is 0 Å². The van der Waals surface area contributed by atoms with Crippen LogP contribution < -0.4 is 4.74 Å². The van der Waals surface area contributed by atoms with Crippen molar-refractivity contribution >= 4 is 11.1 Å². The van der Waals surface area contributed by atoms with Gasteiger partial charge < -0.3 is 14.9 Å². The molecule has 26 heavy (non-hydrogen) atoms. The Balaban J connectivity index is 1.81. The van der Waals surface area contributed by atoms with Crippen molar-refractivity contribution in [1.82, 2.24) is 4.90 Å². The quantitative estimate of drug-likeness (QED) is 0.882. The van der Waals surface area contributed by atoms with E-state index in [-0.39, 0.29) is 12.4 Å². The molecule has 0 saturated carbocycles. The Morgan fingerprint density at radius 3 is 2.58 bits per heavy atom. The predicted molar refractivity (Wildman–Crippen MR) is 103 cm³/mol. The standard InChI is InChI=1S/C22H25NO3/c1-26-22-11-17(8-9-21(22)25)20-13-23-10-2-3-18(23)12-19(20)16-6-4-15(14-24)5-7-16/h4-9,11,18,24-25H,2-3,10,12-14H2,1H3. The van der Waals surface area contributed by atoms with Gasteiger partial charge in [0.2, 0.25) is 0 Å². The molecule has 2 aromatic rings. The summed E-state index contributed by atoms with van der Waals surface area (Å²) in [5, 5.41) is 19.3. The molecule has 1 saturated heterocycles. The van der Waals surface area contributed by atoms with Crippen LogP contribution >= 0.6 is 0 Å². The van der Waals surface area contributed by atoms with Gasteiger partial charge in [-0.15, -0.1) is 0 Å². The number of aromatic hydroxyl groups is 1. The molecular formula is C22H25NO3. The molecule has 4 heteroatoms. The molecule has 4 nitrogen and oxygen atoms in total. The molecule has 0 bridgehead atoms. The molecule has 1 atom stereocenters. The fraction of sp³-hybridized carbons (Fsp3) is 0.364. The Morgan fingerprint density at radius 2 is 1.85 bits per heavy atom.